The Bertz CT molecular complexity index is 499. The number of carbonyl (C=O) groups excluding carboxylic acids is 2. The van der Waals surface area contributed by atoms with Crippen molar-refractivity contribution in [2.24, 2.45) is 5.73 Å². The zero-order valence-corrected chi connectivity index (χ0v) is 10.6. The Hall–Kier alpha value is -2.37. The van der Waals surface area contributed by atoms with Gasteiger partial charge in [0.25, 0.3) is 5.91 Å². The molecule has 0 aliphatic heterocycles. The molecule has 6 nitrogen and oxygen atoms in total. The monoisotopic (exact) mass is 264 g/mol. The number of amides is 2. The van der Waals surface area contributed by atoms with Crippen molar-refractivity contribution in [1.29, 1.82) is 0 Å². The zero-order valence-electron chi connectivity index (χ0n) is 10.6. The molecular weight excluding hydrogens is 248 g/mol. The highest BCUT2D eigenvalue weighted by Gasteiger charge is 2.13. The summed E-state index contributed by atoms with van der Waals surface area (Å²) in [6.07, 6.45) is 0.395. The third-order valence-corrected chi connectivity index (χ3v) is 2.62. The van der Waals surface area contributed by atoms with Crippen molar-refractivity contribution in [3.8, 4) is 0 Å². The first-order valence-corrected chi connectivity index (χ1v) is 5.79. The molecule has 0 spiro atoms. The molecule has 0 unspecified atom stereocenters. The molecule has 0 atom stereocenters. The third-order valence-electron chi connectivity index (χ3n) is 2.62. The van der Waals surface area contributed by atoms with Crippen molar-refractivity contribution >= 4 is 17.8 Å². The molecule has 102 valence electrons. The average molecular weight is 264 g/mol. The smallest absolute Gasteiger partial charge is 0.303 e. The molecule has 1 rings (SSSR count). The van der Waals surface area contributed by atoms with Crippen LogP contribution >= 0.6 is 0 Å². The summed E-state index contributed by atoms with van der Waals surface area (Å²) < 4.78 is 0. The van der Waals surface area contributed by atoms with Crippen molar-refractivity contribution in [2.75, 3.05) is 13.6 Å². The largest absolute Gasteiger partial charge is 0.481 e. The Kier molecular flexibility index (Phi) is 5.05. The molecule has 0 aliphatic carbocycles. The quantitative estimate of drug-likeness (QED) is 0.790. The molecule has 3 N–H and O–H groups in total. The molecule has 0 fully saturated rings. The van der Waals surface area contributed by atoms with E-state index in [1.54, 1.807) is 19.2 Å². The van der Waals surface area contributed by atoms with Crippen LogP contribution in [0.4, 0.5) is 0 Å². The van der Waals surface area contributed by atoms with Gasteiger partial charge < -0.3 is 15.7 Å². The van der Waals surface area contributed by atoms with Crippen LogP contribution in [0.3, 0.4) is 0 Å². The summed E-state index contributed by atoms with van der Waals surface area (Å²) in [6.45, 7) is 0.339. The minimum absolute atomic E-state index is 0.0128. The number of rotatable bonds is 6. The molecule has 2 amide bonds. The molecule has 0 heterocycles. The minimum Gasteiger partial charge on any atom is -0.481 e. The van der Waals surface area contributed by atoms with E-state index in [1.807, 2.05) is 0 Å². The van der Waals surface area contributed by atoms with Gasteiger partial charge in [0.15, 0.2) is 0 Å². The molecule has 0 saturated carbocycles. The summed E-state index contributed by atoms with van der Waals surface area (Å²) in [4.78, 5) is 34.9. The number of hydrogen-bond donors (Lipinski definition) is 2. The van der Waals surface area contributed by atoms with Crippen molar-refractivity contribution < 1.29 is 19.5 Å². The van der Waals surface area contributed by atoms with Gasteiger partial charge in [-0.25, -0.2) is 0 Å². The molecule has 0 bridgehead atoms. The van der Waals surface area contributed by atoms with Gasteiger partial charge in [0.1, 0.15) is 0 Å². The molecule has 0 aromatic heterocycles. The second kappa shape index (κ2) is 6.53. The summed E-state index contributed by atoms with van der Waals surface area (Å²) in [5.74, 6) is -1.76. The SMILES string of the molecule is CN(CCCC(=O)O)C(=O)c1cccc(C(N)=O)c1. The standard InChI is InChI=1S/C13H16N2O4/c1-15(7-3-6-11(16)17)13(19)10-5-2-4-9(8-10)12(14)18/h2,4-5,8H,3,6-7H2,1H3,(H2,14,18)(H,16,17). The molecule has 1 aromatic rings. The van der Waals surface area contributed by atoms with Crippen molar-refractivity contribution in [1.82, 2.24) is 4.90 Å². The first-order valence-electron chi connectivity index (χ1n) is 5.79. The third kappa shape index (κ3) is 4.42. The van der Waals surface area contributed by atoms with Crippen molar-refractivity contribution in [3.05, 3.63) is 35.4 Å². The number of carboxylic acids is 1. The van der Waals surface area contributed by atoms with E-state index in [9.17, 15) is 14.4 Å². The fraction of sp³-hybridized carbons (Fsp3) is 0.308. The van der Waals surface area contributed by atoms with Crippen LogP contribution in [0, 0.1) is 0 Å². The Morgan fingerprint density at radius 1 is 1.26 bits per heavy atom. The van der Waals surface area contributed by atoms with Crippen LogP contribution < -0.4 is 5.73 Å². The molecule has 0 radical (unpaired) electrons. The average Bonchev–Trinajstić information content (AvgIpc) is 2.37. The van der Waals surface area contributed by atoms with E-state index in [1.165, 1.54) is 17.0 Å². The van der Waals surface area contributed by atoms with Gasteiger partial charge in [-0.1, -0.05) is 6.07 Å². The zero-order chi connectivity index (χ0) is 14.4. The van der Waals surface area contributed by atoms with Crippen molar-refractivity contribution in [2.45, 2.75) is 12.8 Å². The lowest BCUT2D eigenvalue weighted by molar-refractivity contribution is -0.137. The maximum atomic E-state index is 12.0. The number of primary amides is 1. The van der Waals surface area contributed by atoms with Crippen LogP contribution in [0.2, 0.25) is 0 Å². The van der Waals surface area contributed by atoms with E-state index in [0.717, 1.165) is 0 Å². The Balaban J connectivity index is 2.68. The van der Waals surface area contributed by atoms with E-state index in [-0.39, 0.29) is 17.9 Å². The van der Waals surface area contributed by atoms with Gasteiger partial charge in [-0.15, -0.1) is 0 Å². The van der Waals surface area contributed by atoms with Gasteiger partial charge in [0.05, 0.1) is 0 Å². The van der Waals surface area contributed by atoms with Crippen LogP contribution in [0.25, 0.3) is 0 Å². The Morgan fingerprint density at radius 3 is 2.47 bits per heavy atom. The lowest BCUT2D eigenvalue weighted by atomic mass is 10.1. The number of hydrogen-bond acceptors (Lipinski definition) is 3. The lowest BCUT2D eigenvalue weighted by Gasteiger charge is -2.16. The predicted octanol–water partition coefficient (Wildman–Crippen LogP) is 0.722. The summed E-state index contributed by atoms with van der Waals surface area (Å²) in [5, 5.41) is 8.52. The molecule has 1 aromatic carbocycles. The predicted molar refractivity (Wildman–Crippen MR) is 68.8 cm³/mol. The maximum Gasteiger partial charge on any atom is 0.303 e. The van der Waals surface area contributed by atoms with Crippen LogP contribution in [0.1, 0.15) is 33.6 Å². The summed E-state index contributed by atoms with van der Waals surface area (Å²) >= 11 is 0. The van der Waals surface area contributed by atoms with Gasteiger partial charge in [-0.3, -0.25) is 14.4 Å². The highest BCUT2D eigenvalue weighted by atomic mass is 16.4. The van der Waals surface area contributed by atoms with Gasteiger partial charge >= 0.3 is 5.97 Å². The fourth-order valence-corrected chi connectivity index (χ4v) is 1.59. The van der Waals surface area contributed by atoms with Gasteiger partial charge in [0, 0.05) is 31.1 Å². The van der Waals surface area contributed by atoms with Gasteiger partial charge in [-0.2, -0.15) is 0 Å². The highest BCUT2D eigenvalue weighted by molar-refractivity contribution is 5.98. The number of nitrogens with two attached hydrogens (primary N) is 1. The van der Waals surface area contributed by atoms with Crippen LogP contribution in [-0.2, 0) is 4.79 Å². The number of carboxylic acid groups (broad SMARTS) is 1. The minimum atomic E-state index is -0.892. The molecule has 19 heavy (non-hydrogen) atoms. The molecule has 0 aliphatic rings. The number of carbonyl (C=O) groups is 3. The van der Waals surface area contributed by atoms with E-state index >= 15 is 0 Å². The molecule has 0 saturated heterocycles. The van der Waals surface area contributed by atoms with Crippen LogP contribution in [0.15, 0.2) is 24.3 Å². The normalized spacial score (nSPS) is 9.95. The number of aliphatic carboxylic acids is 1. The number of benzene rings is 1. The van der Waals surface area contributed by atoms with Gasteiger partial charge in [0.2, 0.25) is 5.91 Å². The van der Waals surface area contributed by atoms with Crippen LogP contribution in [-0.4, -0.2) is 41.4 Å². The van der Waals surface area contributed by atoms with Crippen molar-refractivity contribution in [3.63, 3.8) is 0 Å². The second-order valence-electron chi connectivity index (χ2n) is 4.17. The second-order valence-corrected chi connectivity index (χ2v) is 4.17. The Labute approximate surface area is 110 Å². The topological polar surface area (TPSA) is 101 Å². The fourth-order valence-electron chi connectivity index (χ4n) is 1.59. The number of nitrogens with zero attached hydrogens (tertiary/aromatic N) is 1. The summed E-state index contributed by atoms with van der Waals surface area (Å²) in [6, 6.07) is 6.13. The van der Waals surface area contributed by atoms with E-state index in [0.29, 0.717) is 18.5 Å². The Morgan fingerprint density at radius 2 is 1.89 bits per heavy atom. The maximum absolute atomic E-state index is 12.0. The van der Waals surface area contributed by atoms with E-state index in [4.69, 9.17) is 10.8 Å². The highest BCUT2D eigenvalue weighted by Crippen LogP contribution is 2.08. The van der Waals surface area contributed by atoms with Gasteiger partial charge in [-0.05, 0) is 24.6 Å². The first kappa shape index (κ1) is 14.7. The van der Waals surface area contributed by atoms with E-state index < -0.39 is 11.9 Å². The van der Waals surface area contributed by atoms with E-state index in [2.05, 4.69) is 0 Å². The summed E-state index contributed by atoms with van der Waals surface area (Å²) in [5.41, 5.74) is 5.77. The first-order chi connectivity index (χ1) is 8.91. The molecular formula is C13H16N2O4. The van der Waals surface area contributed by atoms with Crippen LogP contribution in [0.5, 0.6) is 0 Å². The summed E-state index contributed by atoms with van der Waals surface area (Å²) in [7, 11) is 1.58. The molecule has 6 heteroatoms. The lowest BCUT2D eigenvalue weighted by Crippen LogP contribution is -2.28.